The highest BCUT2D eigenvalue weighted by atomic mass is 19.2. The van der Waals surface area contributed by atoms with Gasteiger partial charge in [0.2, 0.25) is 0 Å². The van der Waals surface area contributed by atoms with Gasteiger partial charge in [-0.15, -0.1) is 0 Å². The summed E-state index contributed by atoms with van der Waals surface area (Å²) in [7, 11) is 0. The third kappa shape index (κ3) is 8.31. The number of halogens is 2. The fourth-order valence-corrected chi connectivity index (χ4v) is 4.63. The summed E-state index contributed by atoms with van der Waals surface area (Å²) < 4.78 is 51.4. The first-order chi connectivity index (χ1) is 21.4. The van der Waals surface area contributed by atoms with Crippen LogP contribution in [0.5, 0.6) is 0 Å². The zero-order chi connectivity index (χ0) is 31.5. The summed E-state index contributed by atoms with van der Waals surface area (Å²) in [5, 5.41) is 0. The second kappa shape index (κ2) is 16.1. The van der Waals surface area contributed by atoms with Crippen molar-refractivity contribution in [2.45, 2.75) is 77.8 Å². The van der Waals surface area contributed by atoms with Crippen LogP contribution in [0.4, 0.5) is 8.78 Å². The largest absolute Gasteiger partial charge is 0.464 e. The molecule has 0 N–H and O–H groups in total. The summed E-state index contributed by atoms with van der Waals surface area (Å²) in [4.78, 5) is 25.4. The molecular formula is C36H38F2O6. The molecule has 1 heterocycles. The van der Waals surface area contributed by atoms with Crippen molar-refractivity contribution >= 4 is 11.9 Å². The van der Waals surface area contributed by atoms with Gasteiger partial charge < -0.3 is 18.9 Å². The van der Waals surface area contributed by atoms with Gasteiger partial charge >= 0.3 is 11.9 Å². The Morgan fingerprint density at radius 2 is 1.23 bits per heavy atom. The predicted octanol–water partition coefficient (Wildman–Crippen LogP) is 7.45. The average Bonchev–Trinajstić information content (AvgIpc) is 3.49. The zero-order valence-electron chi connectivity index (χ0n) is 25.4. The predicted molar refractivity (Wildman–Crippen MR) is 162 cm³/mol. The van der Waals surface area contributed by atoms with E-state index in [0.717, 1.165) is 19.3 Å². The van der Waals surface area contributed by atoms with Crippen LogP contribution < -0.4 is 0 Å². The number of esters is 2. The molecule has 0 amide bonds. The van der Waals surface area contributed by atoms with E-state index < -0.39 is 42.1 Å². The van der Waals surface area contributed by atoms with Gasteiger partial charge in [0.1, 0.15) is 0 Å². The molecule has 3 aromatic rings. The van der Waals surface area contributed by atoms with Crippen molar-refractivity contribution in [3.63, 3.8) is 0 Å². The molecule has 8 heteroatoms. The van der Waals surface area contributed by atoms with Crippen molar-refractivity contribution in [2.24, 2.45) is 0 Å². The maximum atomic E-state index is 14.7. The minimum absolute atomic E-state index is 0.210. The summed E-state index contributed by atoms with van der Waals surface area (Å²) in [5.74, 6) is 3.19. The average molecular weight is 605 g/mol. The second-order valence-electron chi connectivity index (χ2n) is 10.6. The van der Waals surface area contributed by atoms with E-state index in [1.807, 2.05) is 20.8 Å². The van der Waals surface area contributed by atoms with E-state index in [9.17, 15) is 18.4 Å². The lowest BCUT2D eigenvalue weighted by Crippen LogP contribution is -2.39. The standard InChI is InChI=1S/C36H38F2O6/c1-4-7-22-41-34(39)32-33(35(40)42-23-8-5-2)44-36(43-32)28-18-14-25(15-19-28)11-10-24-12-16-26(17-13-24)29-21-20-27(9-6-3)30(37)31(29)38/h12-21,32-33,36H,4-9,22-23H2,1-3H3/t32-,33-/m1/s1. The van der Waals surface area contributed by atoms with E-state index in [1.165, 1.54) is 0 Å². The molecule has 3 aromatic carbocycles. The third-order valence-electron chi connectivity index (χ3n) is 7.18. The molecule has 2 atom stereocenters. The van der Waals surface area contributed by atoms with Gasteiger partial charge in [-0.25, -0.2) is 18.4 Å². The topological polar surface area (TPSA) is 71.1 Å². The van der Waals surface area contributed by atoms with E-state index in [0.29, 0.717) is 47.1 Å². The summed E-state index contributed by atoms with van der Waals surface area (Å²) in [6.45, 7) is 6.35. The molecule has 0 saturated carbocycles. The highest BCUT2D eigenvalue weighted by Crippen LogP contribution is 2.33. The highest BCUT2D eigenvalue weighted by Gasteiger charge is 2.47. The lowest BCUT2D eigenvalue weighted by Gasteiger charge is -2.14. The minimum atomic E-state index is -1.23. The third-order valence-corrected chi connectivity index (χ3v) is 7.18. The summed E-state index contributed by atoms with van der Waals surface area (Å²) in [5.41, 5.74) is 3.17. The normalized spacial score (nSPS) is 16.3. The molecule has 1 saturated heterocycles. The van der Waals surface area contributed by atoms with Crippen LogP contribution in [0.25, 0.3) is 11.1 Å². The SMILES string of the molecule is CCCCOC(=O)[C@@H]1OC(c2ccc(C#Cc3ccc(-c4ccc(CCC)c(F)c4F)cc3)cc2)O[C@H]1C(=O)OCCCC. The van der Waals surface area contributed by atoms with Crippen molar-refractivity contribution < 1.29 is 37.3 Å². The van der Waals surface area contributed by atoms with Gasteiger partial charge in [-0.1, -0.05) is 88.3 Å². The first-order valence-corrected chi connectivity index (χ1v) is 15.2. The van der Waals surface area contributed by atoms with Crippen LogP contribution in [0.3, 0.4) is 0 Å². The molecule has 0 bridgehead atoms. The summed E-state index contributed by atoms with van der Waals surface area (Å²) >= 11 is 0. The Morgan fingerprint density at radius 1 is 0.705 bits per heavy atom. The Morgan fingerprint density at radius 3 is 1.73 bits per heavy atom. The number of hydrogen-bond donors (Lipinski definition) is 0. The van der Waals surface area contributed by atoms with Gasteiger partial charge in [-0.2, -0.15) is 0 Å². The molecule has 1 aliphatic heterocycles. The Bertz CT molecular complexity index is 1440. The Kier molecular flexibility index (Phi) is 12.0. The number of carbonyl (C=O) groups is 2. The molecule has 0 radical (unpaired) electrons. The van der Waals surface area contributed by atoms with E-state index in [1.54, 1.807) is 60.7 Å². The molecule has 6 nitrogen and oxygen atoms in total. The maximum Gasteiger partial charge on any atom is 0.338 e. The van der Waals surface area contributed by atoms with Gasteiger partial charge in [-0.3, -0.25) is 0 Å². The summed E-state index contributed by atoms with van der Waals surface area (Å²) in [6.07, 6.45) is 0.922. The molecule has 0 unspecified atom stereocenters. The Hall–Kier alpha value is -4.06. The molecule has 1 fully saturated rings. The van der Waals surface area contributed by atoms with Crippen molar-refractivity contribution in [1.29, 1.82) is 0 Å². The number of hydrogen-bond acceptors (Lipinski definition) is 6. The number of unbranched alkanes of at least 4 members (excludes halogenated alkanes) is 2. The monoisotopic (exact) mass is 604 g/mol. The van der Waals surface area contributed by atoms with Crippen LogP contribution in [0, 0.1) is 23.5 Å². The van der Waals surface area contributed by atoms with Crippen molar-refractivity contribution in [2.75, 3.05) is 13.2 Å². The second-order valence-corrected chi connectivity index (χ2v) is 10.6. The lowest BCUT2D eigenvalue weighted by atomic mass is 9.99. The molecule has 1 aliphatic rings. The van der Waals surface area contributed by atoms with Crippen LogP contribution in [-0.2, 0) is 35.0 Å². The quantitative estimate of drug-likeness (QED) is 0.122. The van der Waals surface area contributed by atoms with Gasteiger partial charge in [0.25, 0.3) is 0 Å². The Balaban J connectivity index is 1.43. The zero-order valence-corrected chi connectivity index (χ0v) is 25.4. The molecule has 0 aliphatic carbocycles. The molecular weight excluding hydrogens is 566 g/mol. The molecule has 0 spiro atoms. The fraction of sp³-hybridized carbons (Fsp3) is 0.389. The van der Waals surface area contributed by atoms with E-state index in [4.69, 9.17) is 18.9 Å². The van der Waals surface area contributed by atoms with Gasteiger partial charge in [0.15, 0.2) is 30.1 Å². The van der Waals surface area contributed by atoms with Crippen molar-refractivity contribution in [1.82, 2.24) is 0 Å². The molecule has 4 rings (SSSR count). The maximum absolute atomic E-state index is 14.7. The van der Waals surface area contributed by atoms with Crippen LogP contribution in [0.2, 0.25) is 0 Å². The van der Waals surface area contributed by atoms with Crippen LogP contribution in [0.15, 0.2) is 60.7 Å². The van der Waals surface area contributed by atoms with Gasteiger partial charge in [0, 0.05) is 22.3 Å². The molecule has 232 valence electrons. The minimum Gasteiger partial charge on any atom is -0.464 e. The number of rotatable bonds is 12. The van der Waals surface area contributed by atoms with Crippen LogP contribution in [-0.4, -0.2) is 37.4 Å². The fourth-order valence-electron chi connectivity index (χ4n) is 4.63. The van der Waals surface area contributed by atoms with Crippen LogP contribution in [0.1, 0.15) is 81.4 Å². The van der Waals surface area contributed by atoms with Gasteiger partial charge in [0.05, 0.1) is 13.2 Å². The Labute approximate surface area is 257 Å². The number of aryl methyl sites for hydroxylation is 1. The molecule has 0 aromatic heterocycles. The van der Waals surface area contributed by atoms with Crippen LogP contribution >= 0.6 is 0 Å². The summed E-state index contributed by atoms with van der Waals surface area (Å²) in [6, 6.07) is 17.2. The van der Waals surface area contributed by atoms with Gasteiger partial charge in [-0.05, 0) is 54.7 Å². The number of carbonyl (C=O) groups excluding carboxylic acids is 2. The first-order valence-electron chi connectivity index (χ1n) is 15.2. The highest BCUT2D eigenvalue weighted by molar-refractivity contribution is 5.86. The van der Waals surface area contributed by atoms with E-state index in [2.05, 4.69) is 11.8 Å². The molecule has 44 heavy (non-hydrogen) atoms. The van der Waals surface area contributed by atoms with E-state index in [-0.39, 0.29) is 18.8 Å². The first kappa shape index (κ1) is 32.8. The van der Waals surface area contributed by atoms with Crippen molar-refractivity contribution in [3.05, 3.63) is 94.6 Å². The van der Waals surface area contributed by atoms with Crippen molar-refractivity contribution in [3.8, 4) is 23.0 Å². The number of ether oxygens (including phenoxy) is 4. The van der Waals surface area contributed by atoms with E-state index >= 15 is 0 Å². The number of benzene rings is 3. The lowest BCUT2D eigenvalue weighted by molar-refractivity contribution is -0.163. The smallest absolute Gasteiger partial charge is 0.338 e.